The van der Waals surface area contributed by atoms with Crippen LogP contribution < -0.4 is 9.64 Å². The molecule has 0 fully saturated rings. The van der Waals surface area contributed by atoms with Gasteiger partial charge in [0.2, 0.25) is 5.78 Å². The van der Waals surface area contributed by atoms with Crippen LogP contribution in [0.2, 0.25) is 0 Å². The van der Waals surface area contributed by atoms with Gasteiger partial charge in [0.1, 0.15) is 0 Å². The lowest BCUT2D eigenvalue weighted by Crippen LogP contribution is -2.30. The Kier molecular flexibility index (Phi) is 5.65. The molecule has 11 heteroatoms. The maximum absolute atomic E-state index is 13.9. The van der Waals surface area contributed by atoms with Gasteiger partial charge in [-0.05, 0) is 54.4 Å². The van der Waals surface area contributed by atoms with E-state index in [0.717, 1.165) is 10.3 Å². The van der Waals surface area contributed by atoms with Gasteiger partial charge in [-0.15, -0.1) is 0 Å². The van der Waals surface area contributed by atoms with Crippen LogP contribution in [0.25, 0.3) is 21.2 Å². The van der Waals surface area contributed by atoms with Crippen molar-refractivity contribution in [3.05, 3.63) is 105 Å². The van der Waals surface area contributed by atoms with Crippen molar-refractivity contribution in [3.63, 3.8) is 0 Å². The van der Waals surface area contributed by atoms with Crippen LogP contribution in [0.5, 0.6) is 5.75 Å². The van der Waals surface area contributed by atoms with Gasteiger partial charge < -0.3 is 14.3 Å². The number of benzene rings is 3. The molecule has 1 N–H and O–H groups in total. The van der Waals surface area contributed by atoms with Gasteiger partial charge >= 0.3 is 0 Å². The zero-order valence-electron chi connectivity index (χ0n) is 20.6. The fourth-order valence-corrected chi connectivity index (χ4v) is 5.78. The highest BCUT2D eigenvalue weighted by molar-refractivity contribution is 7.22. The van der Waals surface area contributed by atoms with Gasteiger partial charge in [0.05, 0.1) is 33.9 Å². The molecule has 3 heterocycles. The topological polar surface area (TPSA) is 136 Å². The number of fused-ring (bicyclic) bond motifs is 2. The second-order valence-electron chi connectivity index (χ2n) is 8.97. The van der Waals surface area contributed by atoms with Crippen LogP contribution in [0, 0.1) is 17.0 Å². The number of aliphatic hydroxyl groups is 1. The first-order valence-electron chi connectivity index (χ1n) is 11.8. The van der Waals surface area contributed by atoms with Gasteiger partial charge in [-0.3, -0.25) is 24.6 Å². The number of anilines is 1. The fourth-order valence-electron chi connectivity index (χ4n) is 4.69. The monoisotopic (exact) mass is 541 g/mol. The smallest absolute Gasteiger partial charge is 0.296 e. The summed E-state index contributed by atoms with van der Waals surface area (Å²) in [4.78, 5) is 43.9. The molecule has 1 aliphatic heterocycles. The molecule has 3 aromatic carbocycles. The molecule has 39 heavy (non-hydrogen) atoms. The lowest BCUT2D eigenvalue weighted by molar-refractivity contribution is -0.384. The summed E-state index contributed by atoms with van der Waals surface area (Å²) in [6.45, 7) is 1.94. The van der Waals surface area contributed by atoms with Crippen LogP contribution in [0.1, 0.15) is 27.7 Å². The average Bonchev–Trinajstić information content (AvgIpc) is 3.62. The number of para-hydroxylation sites is 1. The molecule has 194 valence electrons. The minimum absolute atomic E-state index is 0.0995. The second-order valence-corrected chi connectivity index (χ2v) is 9.98. The number of rotatable bonds is 6. The predicted octanol–water partition coefficient (Wildman–Crippen LogP) is 6.05. The Labute approximate surface area is 224 Å². The molecule has 0 saturated heterocycles. The number of carbonyl (C=O) groups excluding carboxylic acids is 2. The number of amides is 1. The first-order valence-corrected chi connectivity index (χ1v) is 12.6. The van der Waals surface area contributed by atoms with Crippen molar-refractivity contribution in [2.45, 2.75) is 13.0 Å². The summed E-state index contributed by atoms with van der Waals surface area (Å²) < 4.78 is 12.0. The molecule has 1 unspecified atom stereocenters. The maximum atomic E-state index is 13.9. The molecule has 2 aromatic heterocycles. The summed E-state index contributed by atoms with van der Waals surface area (Å²) >= 11 is 1.24. The number of thiazole rings is 1. The lowest BCUT2D eigenvalue weighted by Gasteiger charge is -2.24. The number of Topliss-reactive ketones (excluding diaryl/α,β-unsaturated/α-hetero) is 1. The van der Waals surface area contributed by atoms with Crippen LogP contribution in [0.4, 0.5) is 10.8 Å². The minimum Gasteiger partial charge on any atom is -0.503 e. The molecule has 1 aliphatic rings. The molecular formula is C28H19N3O7S. The highest BCUT2D eigenvalue weighted by Gasteiger charge is 2.46. The number of carbonyl (C=O) groups is 2. The van der Waals surface area contributed by atoms with Gasteiger partial charge in [0.15, 0.2) is 28.0 Å². The third kappa shape index (κ3) is 3.91. The van der Waals surface area contributed by atoms with Gasteiger partial charge in [-0.2, -0.15) is 0 Å². The Morgan fingerprint density at radius 2 is 1.92 bits per heavy atom. The first kappa shape index (κ1) is 24.3. The summed E-state index contributed by atoms with van der Waals surface area (Å²) in [5, 5.41) is 23.2. The Balaban J connectivity index is 1.51. The van der Waals surface area contributed by atoms with Gasteiger partial charge in [0.25, 0.3) is 11.6 Å². The van der Waals surface area contributed by atoms with Crippen LogP contribution in [0.15, 0.2) is 82.5 Å². The Morgan fingerprint density at radius 1 is 1.15 bits per heavy atom. The molecule has 10 nitrogen and oxygen atoms in total. The quantitative estimate of drug-likeness (QED) is 0.156. The number of aromatic nitrogens is 1. The number of aliphatic hydroxyl groups excluding tert-OH is 1. The summed E-state index contributed by atoms with van der Waals surface area (Å²) in [5.74, 6) is -1.94. The molecule has 0 aliphatic carbocycles. The van der Waals surface area contributed by atoms with E-state index < -0.39 is 28.4 Å². The fraction of sp³-hybridized carbons (Fsp3) is 0.107. The molecule has 1 amide bonds. The number of ketones is 1. The normalized spacial score (nSPS) is 15.5. The summed E-state index contributed by atoms with van der Waals surface area (Å²) in [5.41, 5.74) is 2.01. The van der Waals surface area contributed by atoms with E-state index in [4.69, 9.17) is 9.15 Å². The summed E-state index contributed by atoms with van der Waals surface area (Å²) in [7, 11) is 1.48. The van der Waals surface area contributed by atoms with E-state index in [-0.39, 0.29) is 22.2 Å². The Hall–Kier alpha value is -5.03. The highest BCUT2D eigenvalue weighted by atomic mass is 32.1. The maximum Gasteiger partial charge on any atom is 0.296 e. The number of nitro groups is 1. The van der Waals surface area contributed by atoms with E-state index in [1.165, 1.54) is 53.7 Å². The predicted molar refractivity (Wildman–Crippen MR) is 144 cm³/mol. The zero-order chi connectivity index (χ0) is 27.4. The number of methoxy groups -OCH3 is 1. The van der Waals surface area contributed by atoms with Gasteiger partial charge in [-0.1, -0.05) is 29.5 Å². The van der Waals surface area contributed by atoms with E-state index in [9.17, 15) is 24.8 Å². The lowest BCUT2D eigenvalue weighted by atomic mass is 9.95. The molecule has 0 bridgehead atoms. The largest absolute Gasteiger partial charge is 0.503 e. The Morgan fingerprint density at radius 3 is 2.64 bits per heavy atom. The van der Waals surface area contributed by atoms with Crippen molar-refractivity contribution >= 4 is 55.0 Å². The minimum atomic E-state index is -1.11. The van der Waals surface area contributed by atoms with Crippen molar-refractivity contribution in [2.75, 3.05) is 12.0 Å². The number of ether oxygens (including phenoxy) is 1. The molecule has 5 aromatic rings. The van der Waals surface area contributed by atoms with E-state index >= 15 is 0 Å². The van der Waals surface area contributed by atoms with E-state index in [1.54, 1.807) is 18.2 Å². The number of hydrogen-bond donors (Lipinski definition) is 1. The van der Waals surface area contributed by atoms with Gasteiger partial charge in [0, 0.05) is 17.5 Å². The summed E-state index contributed by atoms with van der Waals surface area (Å²) in [6.07, 6.45) is 0. The summed E-state index contributed by atoms with van der Waals surface area (Å²) in [6, 6.07) is 16.7. The number of nitro benzene ring substituents is 1. The molecule has 0 saturated carbocycles. The van der Waals surface area contributed by atoms with Gasteiger partial charge in [-0.25, -0.2) is 4.98 Å². The molecule has 0 spiro atoms. The van der Waals surface area contributed by atoms with Crippen LogP contribution in [-0.2, 0) is 4.79 Å². The number of furan rings is 1. The third-order valence-electron chi connectivity index (χ3n) is 6.56. The first-order chi connectivity index (χ1) is 18.8. The van der Waals surface area contributed by atoms with Crippen molar-refractivity contribution in [1.82, 2.24) is 4.98 Å². The van der Waals surface area contributed by atoms with Crippen molar-refractivity contribution in [3.8, 4) is 5.75 Å². The molecule has 6 rings (SSSR count). The van der Waals surface area contributed by atoms with E-state index in [1.807, 2.05) is 25.1 Å². The van der Waals surface area contributed by atoms with Crippen LogP contribution in [0.3, 0.4) is 0 Å². The zero-order valence-corrected chi connectivity index (χ0v) is 21.4. The number of nitrogens with zero attached hydrogens (tertiary/aromatic N) is 3. The third-order valence-corrected chi connectivity index (χ3v) is 7.58. The van der Waals surface area contributed by atoms with E-state index in [2.05, 4.69) is 4.98 Å². The second kappa shape index (κ2) is 9.07. The van der Waals surface area contributed by atoms with Crippen LogP contribution in [-0.4, -0.2) is 33.8 Å². The van der Waals surface area contributed by atoms with E-state index in [0.29, 0.717) is 27.8 Å². The van der Waals surface area contributed by atoms with Crippen molar-refractivity contribution < 1.29 is 28.8 Å². The standard InChI is InChI=1S/C28H19N3O7S/c1-14-6-11-18-21(12-14)39-28(29-18)30-23(15-7-9-17(10-8-15)31(35)36)22(25(33)27(30)34)24(32)20-13-16-4-3-5-19(37-2)26(16)38-20/h3-13,23,33H,1-2H3. The molecular weight excluding hydrogens is 522 g/mol. The van der Waals surface area contributed by atoms with Crippen molar-refractivity contribution in [2.24, 2.45) is 0 Å². The van der Waals surface area contributed by atoms with Crippen molar-refractivity contribution in [1.29, 1.82) is 0 Å². The number of non-ortho nitro benzene ring substituents is 1. The molecule has 0 radical (unpaired) electrons. The number of hydrogen-bond acceptors (Lipinski definition) is 9. The van der Waals surface area contributed by atoms with Crippen LogP contribution >= 0.6 is 11.3 Å². The molecule has 1 atom stereocenters. The Bertz CT molecular complexity index is 1850. The number of aryl methyl sites for hydroxylation is 1. The average molecular weight is 542 g/mol. The SMILES string of the molecule is COc1cccc2cc(C(=O)C3=C(O)C(=O)N(c4nc5ccc(C)cc5s4)C3c3ccc([N+](=O)[O-])cc3)oc12. The highest BCUT2D eigenvalue weighted by Crippen LogP contribution is 2.45.